The van der Waals surface area contributed by atoms with Crippen molar-refractivity contribution in [3.05, 3.63) is 0 Å². The molecule has 0 bridgehead atoms. The number of carboxylic acids is 1. The highest BCUT2D eigenvalue weighted by atomic mass is 16.6. The van der Waals surface area contributed by atoms with Gasteiger partial charge in [0.25, 0.3) is 0 Å². The van der Waals surface area contributed by atoms with Crippen molar-refractivity contribution < 1.29 is 19.4 Å². The zero-order valence-electron chi connectivity index (χ0n) is 13.0. The number of hydrogen-bond donors (Lipinski definition) is 1. The first kappa shape index (κ1) is 16.8. The highest BCUT2D eigenvalue weighted by molar-refractivity contribution is 5.74. The van der Waals surface area contributed by atoms with Crippen molar-refractivity contribution in [1.82, 2.24) is 9.80 Å². The minimum absolute atomic E-state index is 0.0422. The molecule has 0 aromatic heterocycles. The summed E-state index contributed by atoms with van der Waals surface area (Å²) in [7, 11) is 0. The van der Waals surface area contributed by atoms with Gasteiger partial charge in [-0.25, -0.2) is 4.79 Å². The molecule has 1 amide bonds. The average molecular weight is 286 g/mol. The highest BCUT2D eigenvalue weighted by Crippen LogP contribution is 2.16. The Morgan fingerprint density at radius 3 is 1.95 bits per heavy atom. The number of ether oxygens (including phenoxy) is 1. The number of nitrogens with zero attached hydrogens (tertiary/aromatic N) is 2. The average Bonchev–Trinajstić information content (AvgIpc) is 2.26. The van der Waals surface area contributed by atoms with Crippen LogP contribution in [0.25, 0.3) is 0 Å². The summed E-state index contributed by atoms with van der Waals surface area (Å²) in [6.07, 6.45) is -0.325. The molecule has 6 nitrogen and oxygen atoms in total. The second-order valence-electron chi connectivity index (χ2n) is 6.53. The van der Waals surface area contributed by atoms with Crippen LogP contribution in [0.3, 0.4) is 0 Å². The Bertz CT molecular complexity index is 355. The molecule has 1 heterocycles. The van der Waals surface area contributed by atoms with Crippen molar-refractivity contribution in [2.24, 2.45) is 5.92 Å². The van der Waals surface area contributed by atoms with Crippen LogP contribution in [0.1, 0.15) is 34.6 Å². The largest absolute Gasteiger partial charge is 0.480 e. The van der Waals surface area contributed by atoms with Gasteiger partial charge in [0.15, 0.2) is 0 Å². The molecule has 1 atom stereocenters. The van der Waals surface area contributed by atoms with E-state index in [2.05, 4.69) is 0 Å². The fourth-order valence-electron chi connectivity index (χ4n) is 2.37. The van der Waals surface area contributed by atoms with Gasteiger partial charge in [0.05, 0.1) is 0 Å². The van der Waals surface area contributed by atoms with Crippen LogP contribution >= 0.6 is 0 Å². The maximum absolute atomic E-state index is 11.9. The van der Waals surface area contributed by atoms with Crippen molar-refractivity contribution in [2.75, 3.05) is 26.2 Å². The maximum Gasteiger partial charge on any atom is 0.410 e. The molecule has 1 fully saturated rings. The summed E-state index contributed by atoms with van der Waals surface area (Å²) in [6.45, 7) is 11.4. The molecule has 6 heteroatoms. The molecule has 1 N–H and O–H groups in total. The summed E-state index contributed by atoms with van der Waals surface area (Å²) in [5.41, 5.74) is -0.504. The van der Waals surface area contributed by atoms with Crippen molar-refractivity contribution in [3.63, 3.8) is 0 Å². The van der Waals surface area contributed by atoms with E-state index in [4.69, 9.17) is 4.74 Å². The lowest BCUT2D eigenvalue weighted by molar-refractivity contribution is -0.145. The molecular formula is C14H26N2O4. The summed E-state index contributed by atoms with van der Waals surface area (Å²) < 4.78 is 5.32. The van der Waals surface area contributed by atoms with E-state index < -0.39 is 17.6 Å². The molecular weight excluding hydrogens is 260 g/mol. The molecule has 0 saturated carbocycles. The molecule has 0 aromatic carbocycles. The summed E-state index contributed by atoms with van der Waals surface area (Å²) in [4.78, 5) is 26.8. The third-order valence-corrected chi connectivity index (χ3v) is 3.24. The number of rotatable bonds is 3. The van der Waals surface area contributed by atoms with Gasteiger partial charge in [0.1, 0.15) is 11.6 Å². The van der Waals surface area contributed by atoms with Crippen LogP contribution in [0, 0.1) is 5.92 Å². The molecule has 1 aliphatic heterocycles. The topological polar surface area (TPSA) is 70.1 Å². The summed E-state index contributed by atoms with van der Waals surface area (Å²) in [6, 6.07) is -0.490. The van der Waals surface area contributed by atoms with E-state index in [-0.39, 0.29) is 12.0 Å². The van der Waals surface area contributed by atoms with E-state index in [0.29, 0.717) is 26.2 Å². The molecule has 0 unspecified atom stereocenters. The summed E-state index contributed by atoms with van der Waals surface area (Å²) in [5.74, 6) is -0.758. The molecule has 1 saturated heterocycles. The van der Waals surface area contributed by atoms with Crippen LogP contribution in [0.5, 0.6) is 0 Å². The zero-order valence-corrected chi connectivity index (χ0v) is 13.0. The summed E-state index contributed by atoms with van der Waals surface area (Å²) >= 11 is 0. The Labute approximate surface area is 120 Å². The number of carboxylic acid groups (broad SMARTS) is 1. The lowest BCUT2D eigenvalue weighted by Crippen LogP contribution is -2.56. The lowest BCUT2D eigenvalue weighted by atomic mass is 10.0. The standard InChI is InChI=1S/C14H26N2O4/c1-10(2)11(12(17)18)15-6-8-16(9-7-15)13(19)20-14(3,4)5/h10-11H,6-9H2,1-5H3,(H,17,18)/t11-/m0/s1. The second kappa shape index (κ2) is 6.43. The molecule has 0 aliphatic carbocycles. The predicted molar refractivity (Wildman–Crippen MR) is 75.6 cm³/mol. The van der Waals surface area contributed by atoms with E-state index in [1.165, 1.54) is 0 Å². The zero-order chi connectivity index (χ0) is 15.5. The third-order valence-electron chi connectivity index (χ3n) is 3.24. The summed E-state index contributed by atoms with van der Waals surface area (Å²) in [5, 5.41) is 9.28. The SMILES string of the molecule is CC(C)[C@@H](C(=O)O)N1CCN(C(=O)OC(C)(C)C)CC1. The van der Waals surface area contributed by atoms with Crippen LogP contribution in [-0.2, 0) is 9.53 Å². The number of piperazine rings is 1. The van der Waals surface area contributed by atoms with Gasteiger partial charge in [-0.1, -0.05) is 13.8 Å². The van der Waals surface area contributed by atoms with Gasteiger partial charge in [-0.3, -0.25) is 9.69 Å². The van der Waals surface area contributed by atoms with Gasteiger partial charge < -0.3 is 14.7 Å². The van der Waals surface area contributed by atoms with E-state index in [9.17, 15) is 14.7 Å². The van der Waals surface area contributed by atoms with Crippen molar-refractivity contribution in [3.8, 4) is 0 Å². The normalized spacial score (nSPS) is 19.0. The number of aliphatic carboxylic acids is 1. The Balaban J connectivity index is 2.55. The second-order valence-corrected chi connectivity index (χ2v) is 6.53. The maximum atomic E-state index is 11.9. The van der Waals surface area contributed by atoms with Gasteiger partial charge in [0.2, 0.25) is 0 Å². The van der Waals surface area contributed by atoms with Crippen molar-refractivity contribution in [1.29, 1.82) is 0 Å². The molecule has 0 spiro atoms. The van der Waals surface area contributed by atoms with Crippen molar-refractivity contribution in [2.45, 2.75) is 46.3 Å². The van der Waals surface area contributed by atoms with Gasteiger partial charge in [-0.05, 0) is 26.7 Å². The van der Waals surface area contributed by atoms with Crippen LogP contribution in [0.15, 0.2) is 0 Å². The number of amides is 1. The molecule has 0 aromatic rings. The van der Waals surface area contributed by atoms with Crippen LogP contribution in [-0.4, -0.2) is 64.8 Å². The van der Waals surface area contributed by atoms with Crippen LogP contribution in [0.2, 0.25) is 0 Å². The number of carbonyl (C=O) groups is 2. The van der Waals surface area contributed by atoms with E-state index >= 15 is 0 Å². The molecule has 0 radical (unpaired) electrons. The van der Waals surface area contributed by atoms with Gasteiger partial charge in [0, 0.05) is 26.2 Å². The third kappa shape index (κ3) is 4.67. The van der Waals surface area contributed by atoms with Crippen molar-refractivity contribution >= 4 is 12.1 Å². The minimum Gasteiger partial charge on any atom is -0.480 e. The van der Waals surface area contributed by atoms with E-state index in [1.54, 1.807) is 4.90 Å². The van der Waals surface area contributed by atoms with Crippen LogP contribution < -0.4 is 0 Å². The Hall–Kier alpha value is -1.30. The monoisotopic (exact) mass is 286 g/mol. The number of hydrogen-bond acceptors (Lipinski definition) is 4. The Kier molecular flexibility index (Phi) is 5.39. The van der Waals surface area contributed by atoms with E-state index in [0.717, 1.165) is 0 Å². The molecule has 116 valence electrons. The predicted octanol–water partition coefficient (Wildman–Crippen LogP) is 1.65. The first-order valence-corrected chi connectivity index (χ1v) is 7.06. The first-order chi connectivity index (χ1) is 9.11. The molecule has 1 aliphatic rings. The molecule has 1 rings (SSSR count). The smallest absolute Gasteiger partial charge is 0.410 e. The van der Waals surface area contributed by atoms with Crippen LogP contribution in [0.4, 0.5) is 4.79 Å². The minimum atomic E-state index is -0.800. The first-order valence-electron chi connectivity index (χ1n) is 7.06. The molecule has 20 heavy (non-hydrogen) atoms. The Morgan fingerprint density at radius 2 is 1.60 bits per heavy atom. The lowest BCUT2D eigenvalue weighted by Gasteiger charge is -2.39. The van der Waals surface area contributed by atoms with Gasteiger partial charge >= 0.3 is 12.1 Å². The number of carbonyl (C=O) groups excluding carboxylic acids is 1. The fraction of sp³-hybridized carbons (Fsp3) is 0.857. The quantitative estimate of drug-likeness (QED) is 0.854. The van der Waals surface area contributed by atoms with Gasteiger partial charge in [-0.2, -0.15) is 0 Å². The fourth-order valence-corrected chi connectivity index (χ4v) is 2.37. The van der Waals surface area contributed by atoms with E-state index in [1.807, 2.05) is 39.5 Å². The Morgan fingerprint density at radius 1 is 1.10 bits per heavy atom. The van der Waals surface area contributed by atoms with Gasteiger partial charge in [-0.15, -0.1) is 0 Å². The highest BCUT2D eigenvalue weighted by Gasteiger charge is 2.33.